The Hall–Kier alpha value is -3.16. The molecule has 1 N–H and O–H groups in total. The Morgan fingerprint density at radius 1 is 1.10 bits per heavy atom. The number of aromatic nitrogens is 2. The lowest BCUT2D eigenvalue weighted by Crippen LogP contribution is -2.54. The van der Waals surface area contributed by atoms with Crippen LogP contribution in [-0.2, 0) is 22.4 Å². The van der Waals surface area contributed by atoms with Crippen molar-refractivity contribution in [1.29, 1.82) is 0 Å². The average molecular weight is 566 g/mol. The summed E-state index contributed by atoms with van der Waals surface area (Å²) in [6.45, 7) is 3.26. The minimum absolute atomic E-state index is 0.0163. The second kappa shape index (κ2) is 12.1. The number of nitrogens with one attached hydrogen (secondary N) is 1. The van der Waals surface area contributed by atoms with Crippen LogP contribution >= 0.6 is 0 Å². The van der Waals surface area contributed by atoms with Crippen LogP contribution in [0.15, 0.2) is 24.5 Å². The molecule has 1 aromatic carbocycles. The van der Waals surface area contributed by atoms with Crippen molar-refractivity contribution in [3.05, 3.63) is 41.3 Å². The molecule has 5 rings (SSSR count). The Balaban J connectivity index is 1.26. The van der Waals surface area contributed by atoms with E-state index in [-0.39, 0.29) is 47.8 Å². The van der Waals surface area contributed by atoms with E-state index in [0.29, 0.717) is 50.7 Å². The van der Waals surface area contributed by atoms with E-state index >= 15 is 0 Å². The number of benzene rings is 1. The summed E-state index contributed by atoms with van der Waals surface area (Å²) in [6, 6.07) is 4.86. The van der Waals surface area contributed by atoms with Crippen LogP contribution < -0.4 is 19.7 Å². The van der Waals surface area contributed by atoms with Crippen molar-refractivity contribution in [2.75, 3.05) is 52.0 Å². The van der Waals surface area contributed by atoms with Gasteiger partial charge in [-0.2, -0.15) is 0 Å². The topological polar surface area (TPSA) is 98.3 Å². The third-order valence-corrected chi connectivity index (χ3v) is 7.75. The summed E-state index contributed by atoms with van der Waals surface area (Å²) < 4.78 is 59.0. The summed E-state index contributed by atoms with van der Waals surface area (Å²) in [4.78, 5) is 25.9. The molecule has 2 aromatic rings. The number of hydrogen-bond acceptors (Lipinski definition) is 9. The fourth-order valence-corrected chi connectivity index (χ4v) is 5.68. The number of rotatable bonds is 7. The number of methoxy groups -OCH3 is 2. The molecule has 218 valence electrons. The zero-order valence-corrected chi connectivity index (χ0v) is 22.6. The first-order valence-corrected chi connectivity index (χ1v) is 13.4. The number of alkyl halides is 3. The number of ether oxygens (including phenoxy) is 4. The summed E-state index contributed by atoms with van der Waals surface area (Å²) in [5.74, 6) is 0.170. The number of fused-ring (bicyclic) bond motifs is 1. The van der Waals surface area contributed by atoms with E-state index in [1.54, 1.807) is 18.1 Å². The van der Waals surface area contributed by atoms with Gasteiger partial charge in [-0.1, -0.05) is 6.07 Å². The van der Waals surface area contributed by atoms with Crippen molar-refractivity contribution in [3.8, 4) is 11.5 Å². The molecule has 2 atom stereocenters. The third-order valence-electron chi connectivity index (χ3n) is 7.75. The molecule has 2 saturated heterocycles. The number of carbonyl (C=O) groups excluding carboxylic acids is 1. The van der Waals surface area contributed by atoms with Crippen LogP contribution in [0.5, 0.6) is 11.5 Å². The van der Waals surface area contributed by atoms with Crippen LogP contribution in [0.3, 0.4) is 0 Å². The number of nitrogens with zero attached hydrogens (tertiary/aromatic N) is 4. The predicted molar refractivity (Wildman–Crippen MR) is 139 cm³/mol. The molecule has 3 aliphatic heterocycles. The zero-order chi connectivity index (χ0) is 28.3. The Kier molecular flexibility index (Phi) is 8.62. The number of likely N-dealkylation sites (tertiary alicyclic amines) is 1. The first kappa shape index (κ1) is 28.4. The Bertz CT molecular complexity index is 1190. The highest BCUT2D eigenvalue weighted by Crippen LogP contribution is 2.34. The third kappa shape index (κ3) is 6.42. The number of anilines is 1. The molecule has 0 bridgehead atoms. The van der Waals surface area contributed by atoms with Crippen LogP contribution in [0.1, 0.15) is 40.9 Å². The van der Waals surface area contributed by atoms with E-state index in [9.17, 15) is 18.0 Å². The highest BCUT2D eigenvalue weighted by molar-refractivity contribution is 5.96. The van der Waals surface area contributed by atoms with Crippen LogP contribution in [0.2, 0.25) is 0 Å². The van der Waals surface area contributed by atoms with E-state index in [0.717, 1.165) is 24.8 Å². The van der Waals surface area contributed by atoms with E-state index in [1.165, 1.54) is 25.6 Å². The Morgan fingerprint density at radius 2 is 1.90 bits per heavy atom. The Morgan fingerprint density at radius 3 is 2.62 bits per heavy atom. The van der Waals surface area contributed by atoms with Gasteiger partial charge in [0.1, 0.15) is 12.1 Å². The minimum Gasteiger partial charge on any atom is -0.491 e. The fourth-order valence-electron chi connectivity index (χ4n) is 5.68. The standard InChI is InChI=1S/C27H34F3N5O5/c1-37-22-15-39-12-8-21(22)33-19-6-10-34(11-7-19)26(36)23-24(38-2)25(32-16-31-23)35-9-5-17-3-4-20(13-18(17)14-35)40-27(28,29)30/h3-4,13,16,19,21-22,33H,5-12,14-15H2,1-2H3/t21-,22?/m0/s1. The molecule has 0 aliphatic carbocycles. The second-order valence-electron chi connectivity index (χ2n) is 10.2. The molecular weight excluding hydrogens is 531 g/mol. The molecule has 0 spiro atoms. The maximum Gasteiger partial charge on any atom is 0.573 e. The van der Waals surface area contributed by atoms with Gasteiger partial charge in [0.05, 0.1) is 19.8 Å². The van der Waals surface area contributed by atoms with Gasteiger partial charge >= 0.3 is 6.36 Å². The van der Waals surface area contributed by atoms with Gasteiger partial charge in [-0.3, -0.25) is 4.79 Å². The van der Waals surface area contributed by atoms with Gasteiger partial charge in [-0.05, 0) is 48.9 Å². The average Bonchev–Trinajstić information content (AvgIpc) is 2.96. The first-order valence-electron chi connectivity index (χ1n) is 13.4. The van der Waals surface area contributed by atoms with Crippen molar-refractivity contribution in [2.24, 2.45) is 0 Å². The quantitative estimate of drug-likeness (QED) is 0.544. The van der Waals surface area contributed by atoms with Crippen molar-refractivity contribution >= 4 is 11.7 Å². The molecule has 10 nitrogen and oxygen atoms in total. The van der Waals surface area contributed by atoms with Crippen molar-refractivity contribution in [1.82, 2.24) is 20.2 Å². The van der Waals surface area contributed by atoms with Crippen LogP contribution in [0.4, 0.5) is 19.0 Å². The van der Waals surface area contributed by atoms with E-state index < -0.39 is 6.36 Å². The number of carbonyl (C=O) groups is 1. The van der Waals surface area contributed by atoms with E-state index in [4.69, 9.17) is 14.2 Å². The molecule has 1 aromatic heterocycles. The first-order chi connectivity index (χ1) is 19.3. The number of halogens is 3. The lowest BCUT2D eigenvalue weighted by Gasteiger charge is -2.38. The summed E-state index contributed by atoms with van der Waals surface area (Å²) >= 11 is 0. The number of amides is 1. The SMILES string of the molecule is COc1c(C(=O)N2CCC(N[C@H]3CCOCC3OC)CC2)ncnc1N1CCc2ccc(OC(F)(F)F)cc2C1. The molecule has 1 amide bonds. The molecule has 2 fully saturated rings. The maximum absolute atomic E-state index is 13.5. The lowest BCUT2D eigenvalue weighted by atomic mass is 9.99. The number of hydrogen-bond donors (Lipinski definition) is 1. The second-order valence-corrected chi connectivity index (χ2v) is 10.2. The molecule has 40 heavy (non-hydrogen) atoms. The highest BCUT2D eigenvalue weighted by Gasteiger charge is 2.34. The smallest absolute Gasteiger partial charge is 0.491 e. The van der Waals surface area contributed by atoms with Crippen molar-refractivity contribution in [2.45, 2.75) is 56.8 Å². The molecular formula is C27H34F3N5O5. The van der Waals surface area contributed by atoms with Gasteiger partial charge < -0.3 is 34.1 Å². The zero-order valence-electron chi connectivity index (χ0n) is 22.6. The van der Waals surface area contributed by atoms with Gasteiger partial charge in [0.2, 0.25) is 0 Å². The normalized spacial score (nSPS) is 22.1. The van der Waals surface area contributed by atoms with Crippen LogP contribution in [0.25, 0.3) is 0 Å². The van der Waals surface area contributed by atoms with Crippen LogP contribution in [-0.4, -0.2) is 92.4 Å². The molecule has 4 heterocycles. The largest absolute Gasteiger partial charge is 0.573 e. The van der Waals surface area contributed by atoms with E-state index in [2.05, 4.69) is 20.0 Å². The van der Waals surface area contributed by atoms with Gasteiger partial charge in [0.15, 0.2) is 17.3 Å². The molecule has 1 unspecified atom stereocenters. The summed E-state index contributed by atoms with van der Waals surface area (Å²) in [5, 5.41) is 3.69. The minimum atomic E-state index is -4.77. The lowest BCUT2D eigenvalue weighted by molar-refractivity contribution is -0.274. The molecule has 13 heteroatoms. The van der Waals surface area contributed by atoms with Gasteiger partial charge in [0.25, 0.3) is 5.91 Å². The van der Waals surface area contributed by atoms with Crippen molar-refractivity contribution < 1.29 is 36.9 Å². The van der Waals surface area contributed by atoms with Crippen LogP contribution in [0, 0.1) is 0 Å². The van der Waals surface area contributed by atoms with Gasteiger partial charge in [-0.15, -0.1) is 13.2 Å². The van der Waals surface area contributed by atoms with Gasteiger partial charge in [-0.25, -0.2) is 9.97 Å². The van der Waals surface area contributed by atoms with Crippen molar-refractivity contribution in [3.63, 3.8) is 0 Å². The highest BCUT2D eigenvalue weighted by atomic mass is 19.4. The Labute approximate surface area is 230 Å². The monoisotopic (exact) mass is 565 g/mol. The molecule has 0 saturated carbocycles. The maximum atomic E-state index is 13.5. The fraction of sp³-hybridized carbons (Fsp3) is 0.593. The molecule has 0 radical (unpaired) electrons. The summed E-state index contributed by atoms with van der Waals surface area (Å²) in [6.07, 6.45) is -0.353. The number of piperidine rings is 1. The summed E-state index contributed by atoms with van der Waals surface area (Å²) in [5.41, 5.74) is 1.79. The summed E-state index contributed by atoms with van der Waals surface area (Å²) in [7, 11) is 3.16. The molecule has 3 aliphatic rings. The van der Waals surface area contributed by atoms with Gasteiger partial charge in [0, 0.05) is 52.0 Å². The predicted octanol–water partition coefficient (Wildman–Crippen LogP) is 2.94. The van der Waals surface area contributed by atoms with E-state index in [1.807, 2.05) is 4.90 Å².